The molecule has 0 bridgehead atoms. The van der Waals surface area contributed by atoms with Crippen LogP contribution in [0.15, 0.2) is 22.8 Å². The summed E-state index contributed by atoms with van der Waals surface area (Å²) < 4.78 is 9.60. The standard InChI is InChI=1S/C9H11O3/c1-2-3-6-12-9(10)8-5-4-7-11-8/h4-7H,2-3H2,1H3. The number of carbonyl (C=O) groups excluding carboxylic acids is 1. The summed E-state index contributed by atoms with van der Waals surface area (Å²) >= 11 is 0. The third kappa shape index (κ3) is 2.42. The van der Waals surface area contributed by atoms with Gasteiger partial charge in [0.1, 0.15) is 6.61 Å². The van der Waals surface area contributed by atoms with E-state index in [0.29, 0.717) is 0 Å². The smallest absolute Gasteiger partial charge is 0.374 e. The molecule has 0 aliphatic rings. The first-order chi connectivity index (χ1) is 5.84. The maximum atomic E-state index is 11.0. The van der Waals surface area contributed by atoms with Crippen molar-refractivity contribution in [1.29, 1.82) is 0 Å². The van der Waals surface area contributed by atoms with Gasteiger partial charge in [-0.1, -0.05) is 13.3 Å². The molecule has 0 aliphatic heterocycles. The predicted molar refractivity (Wildman–Crippen MR) is 43.3 cm³/mol. The van der Waals surface area contributed by atoms with Crippen molar-refractivity contribution in [2.75, 3.05) is 0 Å². The van der Waals surface area contributed by atoms with Gasteiger partial charge in [0.05, 0.1) is 6.26 Å². The van der Waals surface area contributed by atoms with Crippen LogP contribution in [0.1, 0.15) is 30.3 Å². The molecule has 1 aromatic heterocycles. The summed E-state index contributed by atoms with van der Waals surface area (Å²) in [6.07, 6.45) is 3.17. The Balaban J connectivity index is 2.30. The highest BCUT2D eigenvalue weighted by Gasteiger charge is 2.08. The van der Waals surface area contributed by atoms with E-state index in [2.05, 4.69) is 0 Å². The Labute approximate surface area is 71.3 Å². The zero-order valence-corrected chi connectivity index (χ0v) is 6.95. The molecule has 0 N–H and O–H groups in total. The Morgan fingerprint density at radius 1 is 1.75 bits per heavy atom. The second-order valence-corrected chi connectivity index (χ2v) is 2.34. The molecule has 0 aromatic carbocycles. The van der Waals surface area contributed by atoms with E-state index in [9.17, 15) is 4.79 Å². The summed E-state index contributed by atoms with van der Waals surface area (Å²) in [6, 6.07) is 3.22. The summed E-state index contributed by atoms with van der Waals surface area (Å²) in [5.41, 5.74) is 0. The lowest BCUT2D eigenvalue weighted by Crippen LogP contribution is -2.00. The highest BCUT2D eigenvalue weighted by Crippen LogP contribution is 2.04. The van der Waals surface area contributed by atoms with Gasteiger partial charge in [0.15, 0.2) is 0 Å². The molecule has 12 heavy (non-hydrogen) atoms. The zero-order chi connectivity index (χ0) is 8.81. The van der Waals surface area contributed by atoms with E-state index >= 15 is 0 Å². The van der Waals surface area contributed by atoms with Crippen molar-refractivity contribution < 1.29 is 13.9 Å². The Kier molecular flexibility index (Phi) is 3.38. The van der Waals surface area contributed by atoms with Crippen LogP contribution < -0.4 is 0 Å². The number of ether oxygens (including phenoxy) is 1. The van der Waals surface area contributed by atoms with Gasteiger partial charge in [0.25, 0.3) is 0 Å². The third-order valence-corrected chi connectivity index (χ3v) is 1.32. The van der Waals surface area contributed by atoms with Crippen molar-refractivity contribution in [3.63, 3.8) is 0 Å². The van der Waals surface area contributed by atoms with Gasteiger partial charge < -0.3 is 9.15 Å². The van der Waals surface area contributed by atoms with Crippen LogP contribution in [0, 0.1) is 6.61 Å². The first-order valence-electron chi connectivity index (χ1n) is 3.90. The fraction of sp³-hybridized carbons (Fsp3) is 0.333. The minimum Gasteiger partial charge on any atom is -0.457 e. The van der Waals surface area contributed by atoms with Crippen molar-refractivity contribution in [2.45, 2.75) is 19.8 Å². The molecule has 3 heteroatoms. The molecule has 0 fully saturated rings. The molecule has 0 atom stereocenters. The Morgan fingerprint density at radius 2 is 2.58 bits per heavy atom. The molecule has 1 heterocycles. The number of hydrogen-bond acceptors (Lipinski definition) is 3. The molecular formula is C9H11O3. The topological polar surface area (TPSA) is 39.4 Å². The summed E-state index contributed by atoms with van der Waals surface area (Å²) in [5, 5.41) is 0. The van der Waals surface area contributed by atoms with Crippen molar-refractivity contribution in [3.05, 3.63) is 30.8 Å². The fourth-order valence-corrected chi connectivity index (χ4v) is 0.705. The van der Waals surface area contributed by atoms with Gasteiger partial charge in [-0.05, 0) is 18.6 Å². The van der Waals surface area contributed by atoms with Crippen LogP contribution in [-0.4, -0.2) is 5.97 Å². The van der Waals surface area contributed by atoms with Crippen LogP contribution in [0.2, 0.25) is 0 Å². The quantitative estimate of drug-likeness (QED) is 0.510. The van der Waals surface area contributed by atoms with Gasteiger partial charge in [-0.3, -0.25) is 0 Å². The van der Waals surface area contributed by atoms with Gasteiger partial charge in [0, 0.05) is 0 Å². The molecule has 0 unspecified atom stereocenters. The van der Waals surface area contributed by atoms with Gasteiger partial charge in [-0.2, -0.15) is 0 Å². The lowest BCUT2D eigenvalue weighted by atomic mass is 10.4. The lowest BCUT2D eigenvalue weighted by molar-refractivity contribution is 0.0563. The fourth-order valence-electron chi connectivity index (χ4n) is 0.705. The SMILES string of the molecule is CCC[CH]OC(=O)c1ccco1. The van der Waals surface area contributed by atoms with E-state index in [1.165, 1.54) is 12.9 Å². The van der Waals surface area contributed by atoms with E-state index in [1.54, 1.807) is 12.1 Å². The van der Waals surface area contributed by atoms with E-state index < -0.39 is 5.97 Å². The lowest BCUT2D eigenvalue weighted by Gasteiger charge is -1.98. The number of furan rings is 1. The van der Waals surface area contributed by atoms with E-state index in [0.717, 1.165) is 12.8 Å². The molecule has 0 amide bonds. The molecule has 3 nitrogen and oxygen atoms in total. The van der Waals surface area contributed by atoms with Crippen LogP contribution in [0.5, 0.6) is 0 Å². The van der Waals surface area contributed by atoms with Gasteiger partial charge in [-0.25, -0.2) is 4.79 Å². The van der Waals surface area contributed by atoms with Gasteiger partial charge in [0.2, 0.25) is 5.76 Å². The summed E-state index contributed by atoms with van der Waals surface area (Å²) in [6.45, 7) is 3.50. The second kappa shape index (κ2) is 4.59. The summed E-state index contributed by atoms with van der Waals surface area (Å²) in [5.74, 6) is -0.198. The zero-order valence-electron chi connectivity index (χ0n) is 6.95. The van der Waals surface area contributed by atoms with Crippen molar-refractivity contribution in [2.24, 2.45) is 0 Å². The first kappa shape index (κ1) is 8.84. The molecule has 65 valence electrons. The Morgan fingerprint density at radius 3 is 3.17 bits per heavy atom. The number of hydrogen-bond donors (Lipinski definition) is 0. The van der Waals surface area contributed by atoms with Crippen LogP contribution in [0.4, 0.5) is 0 Å². The summed E-state index contributed by atoms with van der Waals surface area (Å²) in [4.78, 5) is 11.0. The molecule has 0 spiro atoms. The number of unbranched alkanes of at least 4 members (excludes halogenated alkanes) is 1. The van der Waals surface area contributed by atoms with E-state index in [1.807, 2.05) is 6.92 Å². The van der Waals surface area contributed by atoms with Crippen LogP contribution in [0.3, 0.4) is 0 Å². The highest BCUT2D eigenvalue weighted by atomic mass is 16.5. The Bertz CT molecular complexity index is 226. The van der Waals surface area contributed by atoms with E-state index in [4.69, 9.17) is 9.15 Å². The molecule has 1 rings (SSSR count). The maximum absolute atomic E-state index is 11.0. The minimum atomic E-state index is -0.437. The number of esters is 1. The number of carbonyl (C=O) groups is 1. The normalized spacial score (nSPS) is 9.75. The maximum Gasteiger partial charge on any atom is 0.374 e. The molecular weight excluding hydrogens is 156 g/mol. The molecule has 0 saturated carbocycles. The number of rotatable bonds is 4. The highest BCUT2D eigenvalue weighted by molar-refractivity contribution is 5.86. The predicted octanol–water partition coefficient (Wildman–Crippen LogP) is 2.40. The molecule has 1 aromatic rings. The minimum absolute atomic E-state index is 0.238. The van der Waals surface area contributed by atoms with Gasteiger partial charge in [-0.15, -0.1) is 0 Å². The average Bonchev–Trinajstić information content (AvgIpc) is 2.56. The monoisotopic (exact) mass is 167 g/mol. The Hall–Kier alpha value is -1.25. The molecule has 0 aliphatic carbocycles. The van der Waals surface area contributed by atoms with E-state index in [-0.39, 0.29) is 5.76 Å². The van der Waals surface area contributed by atoms with Crippen molar-refractivity contribution >= 4 is 5.97 Å². The molecule has 1 radical (unpaired) electrons. The van der Waals surface area contributed by atoms with Crippen LogP contribution in [0.25, 0.3) is 0 Å². The first-order valence-corrected chi connectivity index (χ1v) is 3.90. The average molecular weight is 167 g/mol. The van der Waals surface area contributed by atoms with Crippen LogP contribution >= 0.6 is 0 Å². The molecule has 0 saturated heterocycles. The van der Waals surface area contributed by atoms with Gasteiger partial charge >= 0.3 is 5.97 Å². The second-order valence-electron chi connectivity index (χ2n) is 2.34. The van der Waals surface area contributed by atoms with Crippen LogP contribution in [-0.2, 0) is 4.74 Å². The van der Waals surface area contributed by atoms with Crippen molar-refractivity contribution in [3.8, 4) is 0 Å². The summed E-state index contributed by atoms with van der Waals surface area (Å²) in [7, 11) is 0. The third-order valence-electron chi connectivity index (χ3n) is 1.32. The largest absolute Gasteiger partial charge is 0.457 e. The van der Waals surface area contributed by atoms with Crippen molar-refractivity contribution in [1.82, 2.24) is 0 Å².